The third kappa shape index (κ3) is 5.51. The van der Waals surface area contributed by atoms with Crippen molar-refractivity contribution in [2.75, 3.05) is 26.8 Å². The summed E-state index contributed by atoms with van der Waals surface area (Å²) in [5.74, 6) is 1.30. The molecule has 0 aliphatic carbocycles. The predicted molar refractivity (Wildman–Crippen MR) is 106 cm³/mol. The van der Waals surface area contributed by atoms with Crippen LogP contribution < -0.4 is 9.47 Å². The molecule has 0 bridgehead atoms. The number of phenols is 1. The van der Waals surface area contributed by atoms with E-state index in [1.54, 1.807) is 24.3 Å². The van der Waals surface area contributed by atoms with Gasteiger partial charge in [0, 0.05) is 18.1 Å². The van der Waals surface area contributed by atoms with Gasteiger partial charge in [0.25, 0.3) is 0 Å². The maximum absolute atomic E-state index is 10.9. The Bertz CT molecular complexity index is 770. The van der Waals surface area contributed by atoms with Gasteiger partial charge in [-0.3, -0.25) is 4.90 Å². The standard InChI is InChI=1S/C21H26ClNO4/c1-26-20-7-6-16(12-19(20)24)14-23-10-3-8-21(25,9-11-23)15-27-18-5-2-4-17(22)13-18/h2,4-7,12-13,24-25H,3,8-11,14-15H2,1H3. The second kappa shape index (κ2) is 8.83. The van der Waals surface area contributed by atoms with E-state index in [-0.39, 0.29) is 12.4 Å². The highest BCUT2D eigenvalue weighted by molar-refractivity contribution is 6.30. The fourth-order valence-electron chi connectivity index (χ4n) is 3.40. The lowest BCUT2D eigenvalue weighted by molar-refractivity contribution is -0.0168. The van der Waals surface area contributed by atoms with Crippen molar-refractivity contribution in [2.45, 2.75) is 31.4 Å². The Hall–Kier alpha value is -1.95. The van der Waals surface area contributed by atoms with Gasteiger partial charge in [-0.2, -0.15) is 0 Å². The van der Waals surface area contributed by atoms with Crippen LogP contribution >= 0.6 is 11.6 Å². The van der Waals surface area contributed by atoms with E-state index in [1.165, 1.54) is 7.11 Å². The van der Waals surface area contributed by atoms with Gasteiger partial charge < -0.3 is 19.7 Å². The van der Waals surface area contributed by atoms with E-state index < -0.39 is 5.60 Å². The van der Waals surface area contributed by atoms with Crippen molar-refractivity contribution in [3.8, 4) is 17.2 Å². The highest BCUT2D eigenvalue weighted by Gasteiger charge is 2.31. The highest BCUT2D eigenvalue weighted by atomic mass is 35.5. The fourth-order valence-corrected chi connectivity index (χ4v) is 3.58. The number of aromatic hydroxyl groups is 1. The number of halogens is 1. The lowest BCUT2D eigenvalue weighted by Crippen LogP contribution is -2.37. The molecule has 6 heteroatoms. The second-order valence-electron chi connectivity index (χ2n) is 7.11. The van der Waals surface area contributed by atoms with Gasteiger partial charge in [-0.05, 0) is 61.7 Å². The molecule has 1 saturated heterocycles. The summed E-state index contributed by atoms with van der Waals surface area (Å²) in [7, 11) is 1.54. The van der Waals surface area contributed by atoms with Gasteiger partial charge in [0.2, 0.25) is 0 Å². The average Bonchev–Trinajstić information content (AvgIpc) is 2.83. The van der Waals surface area contributed by atoms with Crippen LogP contribution in [0.5, 0.6) is 17.2 Å². The Morgan fingerprint density at radius 3 is 2.74 bits per heavy atom. The largest absolute Gasteiger partial charge is 0.504 e. The fraction of sp³-hybridized carbons (Fsp3) is 0.429. The lowest BCUT2D eigenvalue weighted by Gasteiger charge is -2.27. The van der Waals surface area contributed by atoms with Crippen molar-refractivity contribution in [3.05, 3.63) is 53.1 Å². The summed E-state index contributed by atoms with van der Waals surface area (Å²) in [6, 6.07) is 12.7. The minimum atomic E-state index is -0.848. The summed E-state index contributed by atoms with van der Waals surface area (Å²) in [4.78, 5) is 2.29. The smallest absolute Gasteiger partial charge is 0.160 e. The number of hydrogen-bond acceptors (Lipinski definition) is 5. The molecular formula is C21H26ClNO4. The van der Waals surface area contributed by atoms with E-state index >= 15 is 0 Å². The number of hydrogen-bond donors (Lipinski definition) is 2. The number of ether oxygens (including phenoxy) is 2. The van der Waals surface area contributed by atoms with Gasteiger partial charge in [-0.15, -0.1) is 0 Å². The lowest BCUT2D eigenvalue weighted by atomic mass is 9.96. The SMILES string of the molecule is COc1ccc(CN2CCCC(O)(COc3cccc(Cl)c3)CC2)cc1O. The number of aliphatic hydroxyl groups is 1. The molecule has 2 aromatic carbocycles. The third-order valence-electron chi connectivity index (χ3n) is 4.96. The molecule has 1 aliphatic heterocycles. The van der Waals surface area contributed by atoms with Crippen LogP contribution in [0.3, 0.4) is 0 Å². The molecule has 5 nitrogen and oxygen atoms in total. The molecule has 1 atom stereocenters. The maximum Gasteiger partial charge on any atom is 0.160 e. The summed E-state index contributed by atoms with van der Waals surface area (Å²) >= 11 is 5.98. The Balaban J connectivity index is 1.55. The first-order valence-corrected chi connectivity index (χ1v) is 9.54. The maximum atomic E-state index is 10.9. The van der Waals surface area contributed by atoms with Gasteiger partial charge in [0.1, 0.15) is 12.4 Å². The molecule has 146 valence electrons. The minimum absolute atomic E-state index is 0.149. The van der Waals surface area contributed by atoms with Crippen molar-refractivity contribution in [1.82, 2.24) is 4.90 Å². The number of methoxy groups -OCH3 is 1. The van der Waals surface area contributed by atoms with Crippen molar-refractivity contribution in [3.63, 3.8) is 0 Å². The summed E-state index contributed by atoms with van der Waals surface area (Å²) in [5, 5.41) is 21.5. The molecule has 0 spiro atoms. The molecule has 0 saturated carbocycles. The molecule has 27 heavy (non-hydrogen) atoms. The molecule has 3 rings (SSSR count). The second-order valence-corrected chi connectivity index (χ2v) is 7.54. The summed E-state index contributed by atoms with van der Waals surface area (Å²) < 4.78 is 10.9. The monoisotopic (exact) mass is 391 g/mol. The van der Waals surface area contributed by atoms with Crippen LogP contribution in [0, 0.1) is 0 Å². The molecule has 0 radical (unpaired) electrons. The molecule has 1 heterocycles. The molecule has 1 aliphatic rings. The zero-order valence-corrected chi connectivity index (χ0v) is 16.3. The topological polar surface area (TPSA) is 62.2 Å². The molecule has 1 fully saturated rings. The Morgan fingerprint density at radius 1 is 1.15 bits per heavy atom. The Kier molecular flexibility index (Phi) is 6.47. The summed E-state index contributed by atoms with van der Waals surface area (Å²) in [6.45, 7) is 2.64. The van der Waals surface area contributed by atoms with E-state index in [4.69, 9.17) is 21.1 Å². The molecule has 2 aromatic rings. The first-order chi connectivity index (χ1) is 13.0. The number of benzene rings is 2. The number of nitrogens with zero attached hydrogens (tertiary/aromatic N) is 1. The van der Waals surface area contributed by atoms with Gasteiger partial charge in [-0.25, -0.2) is 0 Å². The Morgan fingerprint density at radius 2 is 2.00 bits per heavy atom. The van der Waals surface area contributed by atoms with Crippen molar-refractivity contribution < 1.29 is 19.7 Å². The molecule has 1 unspecified atom stereocenters. The van der Waals surface area contributed by atoms with E-state index in [0.29, 0.717) is 29.4 Å². The van der Waals surface area contributed by atoms with Crippen LogP contribution in [0.15, 0.2) is 42.5 Å². The van der Waals surface area contributed by atoms with E-state index in [2.05, 4.69) is 4.90 Å². The molecule has 0 amide bonds. The first-order valence-electron chi connectivity index (χ1n) is 9.16. The van der Waals surface area contributed by atoms with Crippen LogP contribution in [-0.4, -0.2) is 47.5 Å². The van der Waals surface area contributed by atoms with Crippen LogP contribution in [0.25, 0.3) is 0 Å². The average molecular weight is 392 g/mol. The molecule has 2 N–H and O–H groups in total. The first kappa shape index (κ1) is 19.8. The Labute approximate surface area is 165 Å². The zero-order valence-electron chi connectivity index (χ0n) is 15.5. The third-order valence-corrected chi connectivity index (χ3v) is 5.20. The summed E-state index contributed by atoms with van der Waals surface area (Å²) in [6.07, 6.45) is 2.21. The normalized spacial score (nSPS) is 20.9. The zero-order chi connectivity index (χ0) is 19.3. The van der Waals surface area contributed by atoms with Crippen LogP contribution in [0.4, 0.5) is 0 Å². The van der Waals surface area contributed by atoms with Crippen molar-refractivity contribution >= 4 is 11.6 Å². The van der Waals surface area contributed by atoms with Crippen LogP contribution in [0.1, 0.15) is 24.8 Å². The van der Waals surface area contributed by atoms with Crippen molar-refractivity contribution in [2.24, 2.45) is 0 Å². The van der Waals surface area contributed by atoms with Gasteiger partial charge in [-0.1, -0.05) is 23.7 Å². The van der Waals surface area contributed by atoms with Crippen LogP contribution in [0.2, 0.25) is 5.02 Å². The number of likely N-dealkylation sites (tertiary alicyclic amines) is 1. The highest BCUT2D eigenvalue weighted by Crippen LogP contribution is 2.29. The van der Waals surface area contributed by atoms with Crippen molar-refractivity contribution in [1.29, 1.82) is 0 Å². The predicted octanol–water partition coefficient (Wildman–Crippen LogP) is 3.85. The van der Waals surface area contributed by atoms with Gasteiger partial charge in [0.15, 0.2) is 11.5 Å². The van der Waals surface area contributed by atoms with E-state index in [0.717, 1.165) is 31.6 Å². The molecular weight excluding hydrogens is 366 g/mol. The minimum Gasteiger partial charge on any atom is -0.504 e. The van der Waals surface area contributed by atoms with Crippen LogP contribution in [-0.2, 0) is 6.54 Å². The van der Waals surface area contributed by atoms with Gasteiger partial charge >= 0.3 is 0 Å². The van der Waals surface area contributed by atoms with E-state index in [1.807, 2.05) is 18.2 Å². The summed E-state index contributed by atoms with van der Waals surface area (Å²) in [5.41, 5.74) is 0.174. The number of phenolic OH excluding ortho intramolecular Hbond substituents is 1. The quantitative estimate of drug-likeness (QED) is 0.783. The van der Waals surface area contributed by atoms with E-state index in [9.17, 15) is 10.2 Å². The number of rotatable bonds is 6. The van der Waals surface area contributed by atoms with Gasteiger partial charge in [0.05, 0.1) is 12.7 Å². The molecule has 0 aromatic heterocycles.